The molecule has 0 atom stereocenters. The number of hydrogen-bond acceptors (Lipinski definition) is 4. The summed E-state index contributed by atoms with van der Waals surface area (Å²) >= 11 is 5.90. The number of carbonyl (C=O) groups excluding carboxylic acids is 1. The quantitative estimate of drug-likeness (QED) is 0.776. The molecule has 0 bridgehead atoms. The fourth-order valence-electron chi connectivity index (χ4n) is 1.35. The predicted octanol–water partition coefficient (Wildman–Crippen LogP) is 2.82. The smallest absolute Gasteiger partial charge is 0.358 e. The van der Waals surface area contributed by atoms with E-state index in [1.807, 2.05) is 13.8 Å². The lowest BCUT2D eigenvalue weighted by atomic mass is 10.2. The van der Waals surface area contributed by atoms with Crippen LogP contribution >= 0.6 is 11.6 Å². The molecule has 0 aromatic carbocycles. The number of hydrogen-bond donors (Lipinski definition) is 0. The number of ether oxygens (including phenoxy) is 1. The van der Waals surface area contributed by atoms with Crippen LogP contribution in [-0.2, 0) is 4.74 Å². The van der Waals surface area contributed by atoms with Gasteiger partial charge in [-0.15, -0.1) is 0 Å². The van der Waals surface area contributed by atoms with Gasteiger partial charge in [0, 0.05) is 5.92 Å². The molecule has 0 unspecified atom stereocenters. The third-order valence-electron chi connectivity index (χ3n) is 2.62. The van der Waals surface area contributed by atoms with Crippen LogP contribution in [0, 0.1) is 5.92 Å². The third kappa shape index (κ3) is 3.16. The lowest BCUT2D eigenvalue weighted by Crippen LogP contribution is -2.12. The molecule has 0 spiro atoms. The van der Waals surface area contributed by atoms with Crippen LogP contribution in [0.1, 0.15) is 48.9 Å². The Kier molecular flexibility index (Phi) is 3.62. The van der Waals surface area contributed by atoms with Gasteiger partial charge in [-0.05, 0) is 18.8 Å². The van der Waals surface area contributed by atoms with Crippen molar-refractivity contribution in [2.45, 2.75) is 32.6 Å². The number of rotatable bonds is 4. The first-order valence-corrected chi connectivity index (χ1v) is 6.15. The topological polar surface area (TPSA) is 52.1 Å². The lowest BCUT2D eigenvalue weighted by Gasteiger charge is -2.08. The standard InChI is InChI=1S/C12H15ClN2O2/c1-7(2)11-14-5-9(13)10(15-11)12(16)17-6-8-3-4-8/h5,7-8H,3-4,6H2,1-2H3. The van der Waals surface area contributed by atoms with Crippen molar-refractivity contribution in [3.8, 4) is 0 Å². The first-order chi connectivity index (χ1) is 8.08. The van der Waals surface area contributed by atoms with Crippen LogP contribution in [0.3, 0.4) is 0 Å². The van der Waals surface area contributed by atoms with Gasteiger partial charge in [-0.2, -0.15) is 0 Å². The van der Waals surface area contributed by atoms with Crippen LogP contribution in [0.2, 0.25) is 5.02 Å². The summed E-state index contributed by atoms with van der Waals surface area (Å²) in [5.74, 6) is 0.838. The van der Waals surface area contributed by atoms with Crippen molar-refractivity contribution in [3.63, 3.8) is 0 Å². The van der Waals surface area contributed by atoms with Crippen LogP contribution in [-0.4, -0.2) is 22.5 Å². The summed E-state index contributed by atoms with van der Waals surface area (Å²) in [4.78, 5) is 20.0. The summed E-state index contributed by atoms with van der Waals surface area (Å²) in [5.41, 5.74) is 0.172. The SMILES string of the molecule is CC(C)c1ncc(Cl)c(C(=O)OCC2CC2)n1. The Morgan fingerprint density at radius 2 is 2.29 bits per heavy atom. The zero-order valence-corrected chi connectivity index (χ0v) is 10.7. The second kappa shape index (κ2) is 5.00. The van der Waals surface area contributed by atoms with Crippen molar-refractivity contribution in [3.05, 3.63) is 22.7 Å². The van der Waals surface area contributed by atoms with Gasteiger partial charge in [-0.3, -0.25) is 0 Å². The average molecular weight is 255 g/mol. The minimum atomic E-state index is -0.453. The van der Waals surface area contributed by atoms with Crippen LogP contribution in [0.4, 0.5) is 0 Å². The predicted molar refractivity (Wildman–Crippen MR) is 64.1 cm³/mol. The van der Waals surface area contributed by atoms with Crippen molar-refractivity contribution >= 4 is 17.6 Å². The molecule has 0 aliphatic heterocycles. The molecule has 0 saturated heterocycles. The summed E-state index contributed by atoms with van der Waals surface area (Å²) in [7, 11) is 0. The van der Waals surface area contributed by atoms with E-state index in [1.54, 1.807) is 0 Å². The van der Waals surface area contributed by atoms with E-state index in [2.05, 4.69) is 9.97 Å². The fourth-order valence-corrected chi connectivity index (χ4v) is 1.52. The molecular weight excluding hydrogens is 240 g/mol. The summed E-state index contributed by atoms with van der Waals surface area (Å²) in [5, 5.41) is 0.246. The Morgan fingerprint density at radius 1 is 1.59 bits per heavy atom. The van der Waals surface area contributed by atoms with Crippen molar-refractivity contribution in [2.75, 3.05) is 6.61 Å². The summed E-state index contributed by atoms with van der Waals surface area (Å²) < 4.78 is 5.15. The van der Waals surface area contributed by atoms with Gasteiger partial charge in [-0.25, -0.2) is 14.8 Å². The molecule has 2 rings (SSSR count). The van der Waals surface area contributed by atoms with Crippen LogP contribution in [0.15, 0.2) is 6.20 Å². The van der Waals surface area contributed by atoms with E-state index in [9.17, 15) is 4.79 Å². The number of carbonyl (C=O) groups is 1. The molecule has 1 aromatic rings. The lowest BCUT2D eigenvalue weighted by molar-refractivity contribution is 0.0479. The molecular formula is C12H15ClN2O2. The Hall–Kier alpha value is -1.16. The summed E-state index contributed by atoms with van der Waals surface area (Å²) in [6.07, 6.45) is 3.74. The van der Waals surface area contributed by atoms with Crippen LogP contribution < -0.4 is 0 Å². The monoisotopic (exact) mass is 254 g/mol. The van der Waals surface area contributed by atoms with Gasteiger partial charge in [0.05, 0.1) is 17.8 Å². The Morgan fingerprint density at radius 3 is 2.88 bits per heavy atom. The molecule has 92 valence electrons. The van der Waals surface area contributed by atoms with Crippen LogP contribution in [0.5, 0.6) is 0 Å². The highest BCUT2D eigenvalue weighted by Crippen LogP contribution is 2.29. The van der Waals surface area contributed by atoms with Crippen molar-refractivity contribution in [1.82, 2.24) is 9.97 Å². The molecule has 5 heteroatoms. The number of aromatic nitrogens is 2. The van der Waals surface area contributed by atoms with Gasteiger partial charge >= 0.3 is 5.97 Å². The number of halogens is 1. The normalized spacial score (nSPS) is 15.1. The van der Waals surface area contributed by atoms with Crippen molar-refractivity contribution in [2.24, 2.45) is 5.92 Å². The van der Waals surface area contributed by atoms with Gasteiger partial charge in [0.25, 0.3) is 0 Å². The van der Waals surface area contributed by atoms with E-state index in [0.717, 1.165) is 12.8 Å². The maximum Gasteiger partial charge on any atom is 0.358 e. The minimum absolute atomic E-state index is 0.155. The Bertz CT molecular complexity index is 431. The zero-order chi connectivity index (χ0) is 12.4. The minimum Gasteiger partial charge on any atom is -0.461 e. The Balaban J connectivity index is 2.11. The maximum atomic E-state index is 11.8. The van der Waals surface area contributed by atoms with Gasteiger partial charge in [0.1, 0.15) is 5.82 Å². The van der Waals surface area contributed by atoms with Gasteiger partial charge in [-0.1, -0.05) is 25.4 Å². The molecule has 1 fully saturated rings. The molecule has 1 aliphatic rings. The van der Waals surface area contributed by atoms with E-state index < -0.39 is 5.97 Å². The third-order valence-corrected chi connectivity index (χ3v) is 2.90. The van der Waals surface area contributed by atoms with E-state index in [-0.39, 0.29) is 16.6 Å². The molecule has 1 aliphatic carbocycles. The maximum absolute atomic E-state index is 11.8. The fraction of sp³-hybridized carbons (Fsp3) is 0.583. The van der Waals surface area contributed by atoms with Gasteiger partial charge in [0.15, 0.2) is 5.69 Å². The van der Waals surface area contributed by atoms with E-state index in [4.69, 9.17) is 16.3 Å². The molecule has 1 heterocycles. The highest BCUT2D eigenvalue weighted by Gasteiger charge is 2.24. The molecule has 0 amide bonds. The van der Waals surface area contributed by atoms with Crippen LogP contribution in [0.25, 0.3) is 0 Å². The number of nitrogens with zero attached hydrogens (tertiary/aromatic N) is 2. The molecule has 4 nitrogen and oxygen atoms in total. The largest absolute Gasteiger partial charge is 0.461 e. The summed E-state index contributed by atoms with van der Waals surface area (Å²) in [6.45, 7) is 4.39. The molecule has 0 radical (unpaired) electrons. The number of esters is 1. The van der Waals surface area contributed by atoms with Gasteiger partial charge < -0.3 is 4.74 Å². The zero-order valence-electron chi connectivity index (χ0n) is 9.94. The molecule has 0 N–H and O–H groups in total. The molecule has 1 saturated carbocycles. The van der Waals surface area contributed by atoms with E-state index >= 15 is 0 Å². The van der Waals surface area contributed by atoms with E-state index in [0.29, 0.717) is 18.3 Å². The van der Waals surface area contributed by atoms with Crippen molar-refractivity contribution < 1.29 is 9.53 Å². The summed E-state index contributed by atoms with van der Waals surface area (Å²) in [6, 6.07) is 0. The molecule has 17 heavy (non-hydrogen) atoms. The van der Waals surface area contributed by atoms with Crippen molar-refractivity contribution in [1.29, 1.82) is 0 Å². The Labute approximate surface area is 105 Å². The second-order valence-corrected chi connectivity index (χ2v) is 5.03. The second-order valence-electron chi connectivity index (χ2n) is 4.62. The first kappa shape index (κ1) is 12.3. The first-order valence-electron chi connectivity index (χ1n) is 5.77. The average Bonchev–Trinajstić information content (AvgIpc) is 3.10. The van der Waals surface area contributed by atoms with E-state index in [1.165, 1.54) is 6.20 Å². The van der Waals surface area contributed by atoms with Gasteiger partial charge in [0.2, 0.25) is 0 Å². The molecule has 1 aromatic heterocycles. The highest BCUT2D eigenvalue weighted by atomic mass is 35.5. The highest BCUT2D eigenvalue weighted by molar-refractivity contribution is 6.33.